The summed E-state index contributed by atoms with van der Waals surface area (Å²) < 4.78 is 14.7. The van der Waals surface area contributed by atoms with Crippen molar-refractivity contribution in [1.82, 2.24) is 9.13 Å². The quantitative estimate of drug-likeness (QED) is 0.125. The van der Waals surface area contributed by atoms with Crippen molar-refractivity contribution in [2.75, 3.05) is 0 Å². The zero-order valence-corrected chi connectivity index (χ0v) is 43.0. The maximum absolute atomic E-state index is 7.19. The van der Waals surface area contributed by atoms with Crippen LogP contribution in [0.3, 0.4) is 0 Å². The molecule has 0 radical (unpaired) electrons. The van der Waals surface area contributed by atoms with Crippen molar-refractivity contribution >= 4 is 55.9 Å². The Bertz CT molecular complexity index is 3550. The predicted molar refractivity (Wildman–Crippen MR) is 290 cm³/mol. The van der Waals surface area contributed by atoms with E-state index in [0.717, 1.165) is 17.1 Å². The fraction of sp³-hybridized carbons (Fsp3) is 0.317. The van der Waals surface area contributed by atoms with Crippen LogP contribution in [0.4, 0.5) is 0 Å². The van der Waals surface area contributed by atoms with Crippen LogP contribution in [-0.4, -0.2) is 15.8 Å². The van der Waals surface area contributed by atoms with Crippen LogP contribution in [0.2, 0.25) is 0 Å². The van der Waals surface area contributed by atoms with Crippen molar-refractivity contribution < 1.29 is 9.30 Å². The van der Waals surface area contributed by atoms with E-state index < -0.39 is 0 Å². The fourth-order valence-electron chi connectivity index (χ4n) is 11.5. The second-order valence-corrected chi connectivity index (χ2v) is 23.8. The Kier molecular flexibility index (Phi) is 9.81. The highest BCUT2D eigenvalue weighted by molar-refractivity contribution is 6.99. The van der Waals surface area contributed by atoms with Crippen LogP contribution in [0.25, 0.3) is 66.7 Å². The number of hydrogen-bond acceptors (Lipinski definition) is 1. The largest absolute Gasteiger partial charge is 0.458 e. The van der Waals surface area contributed by atoms with E-state index in [1.807, 2.05) is 0 Å². The summed E-state index contributed by atoms with van der Waals surface area (Å²) in [5, 5.41) is 2.64. The molecule has 0 bridgehead atoms. The predicted octanol–water partition coefficient (Wildman–Crippen LogP) is 14.3. The molecule has 11 rings (SSSR count). The summed E-state index contributed by atoms with van der Waals surface area (Å²) in [6.45, 7) is 32.6. The Balaban J connectivity index is 1.17. The summed E-state index contributed by atoms with van der Waals surface area (Å²) in [6, 6.07) is 46.8. The Morgan fingerprint density at radius 1 is 0.544 bits per heavy atom. The first-order valence-electron chi connectivity index (χ1n) is 25.0. The van der Waals surface area contributed by atoms with Gasteiger partial charge in [0.2, 0.25) is 0 Å². The molecule has 0 saturated carbocycles. The lowest BCUT2D eigenvalue weighted by Gasteiger charge is -2.35. The molecule has 4 heterocycles. The molecule has 7 aromatic carbocycles. The second kappa shape index (κ2) is 15.1. The second-order valence-electron chi connectivity index (χ2n) is 23.8. The molecule has 0 atom stereocenters. The molecule has 0 amide bonds. The van der Waals surface area contributed by atoms with Gasteiger partial charge in [0.15, 0.2) is 11.0 Å². The molecule has 0 fully saturated rings. The lowest BCUT2D eigenvalue weighted by Crippen LogP contribution is -2.58. The van der Waals surface area contributed by atoms with Crippen LogP contribution in [-0.2, 0) is 23.3 Å². The Morgan fingerprint density at radius 2 is 1.18 bits per heavy atom. The minimum absolute atomic E-state index is 0.0110. The van der Waals surface area contributed by atoms with Crippen LogP contribution in [0, 0.1) is 6.92 Å². The zero-order valence-electron chi connectivity index (χ0n) is 43.0. The topological polar surface area (TPSA) is 23.0 Å². The van der Waals surface area contributed by atoms with Crippen molar-refractivity contribution in [2.45, 2.75) is 125 Å². The van der Waals surface area contributed by atoms with E-state index in [4.69, 9.17) is 4.74 Å². The third-order valence-corrected chi connectivity index (χ3v) is 15.4. The third-order valence-electron chi connectivity index (χ3n) is 15.4. The van der Waals surface area contributed by atoms with Gasteiger partial charge in [-0.3, -0.25) is 0 Å². The van der Waals surface area contributed by atoms with E-state index in [9.17, 15) is 0 Å². The van der Waals surface area contributed by atoms with Crippen LogP contribution in [0.1, 0.15) is 135 Å². The number of para-hydroxylation sites is 3. The van der Waals surface area contributed by atoms with E-state index >= 15 is 0 Å². The lowest BCUT2D eigenvalue weighted by atomic mass is 9.34. The number of hydrogen-bond donors (Lipinski definition) is 0. The van der Waals surface area contributed by atoms with Gasteiger partial charge in [-0.15, -0.1) is 0 Å². The summed E-state index contributed by atoms with van der Waals surface area (Å²) in [5.41, 5.74) is 22.8. The van der Waals surface area contributed by atoms with Gasteiger partial charge in [-0.2, -0.15) is 4.57 Å². The van der Waals surface area contributed by atoms with Crippen LogP contribution < -0.4 is 25.7 Å². The highest BCUT2D eigenvalue weighted by Crippen LogP contribution is 2.44. The summed E-state index contributed by atoms with van der Waals surface area (Å²) in [7, 11) is 2.23. The van der Waals surface area contributed by atoms with Crippen molar-refractivity contribution in [3.05, 3.63) is 155 Å². The van der Waals surface area contributed by atoms with Gasteiger partial charge in [-0.25, -0.2) is 4.57 Å². The van der Waals surface area contributed by atoms with Crippen LogP contribution in [0.5, 0.6) is 11.5 Å². The SMILES string of the molecule is Cc1cc(-c2cc3c4c(c2)-n2c5ccc(C(C)(C)C)cc5c5cc(C(C)(C)C)cc(c52)B4c2cc(C(C)(C)C)ccc2O3)ccc1-c1n(-c2c(C(C)C)cccc2C(C)C)c2ccccc2[n+]1C. The first-order chi connectivity index (χ1) is 32.1. The minimum atomic E-state index is -0.0427. The van der Waals surface area contributed by atoms with Gasteiger partial charge < -0.3 is 9.30 Å². The highest BCUT2D eigenvalue weighted by Gasteiger charge is 2.42. The van der Waals surface area contributed by atoms with Gasteiger partial charge >= 0.3 is 0 Å². The van der Waals surface area contributed by atoms with E-state index in [0.29, 0.717) is 11.8 Å². The number of rotatable bonds is 5. The number of aromatic nitrogens is 3. The summed E-state index contributed by atoms with van der Waals surface area (Å²) in [5.74, 6) is 3.79. The van der Waals surface area contributed by atoms with Gasteiger partial charge in [0.05, 0.1) is 18.1 Å². The number of ether oxygens (including phenoxy) is 1. The van der Waals surface area contributed by atoms with Crippen LogP contribution in [0.15, 0.2) is 121 Å². The van der Waals surface area contributed by atoms with E-state index in [1.165, 1.54) is 111 Å². The number of imidazole rings is 1. The molecular weight excluding hydrogens is 826 g/mol. The van der Waals surface area contributed by atoms with Gasteiger partial charge in [-0.1, -0.05) is 157 Å². The van der Waals surface area contributed by atoms with Gasteiger partial charge in [0, 0.05) is 33.1 Å². The zero-order chi connectivity index (χ0) is 48.1. The Hall–Kier alpha value is -6.33. The maximum Gasteiger partial charge on any atom is 0.295 e. The number of nitrogens with zero attached hydrogens (tertiary/aromatic N) is 3. The summed E-state index contributed by atoms with van der Waals surface area (Å²) >= 11 is 0. The van der Waals surface area contributed by atoms with E-state index in [2.05, 4.69) is 239 Å². The number of benzene rings is 7. The molecule has 68 heavy (non-hydrogen) atoms. The van der Waals surface area contributed by atoms with Gasteiger partial charge in [-0.05, 0) is 139 Å². The normalized spacial score (nSPS) is 13.6. The molecule has 0 aliphatic carbocycles. The Labute approximate surface area is 404 Å². The van der Waals surface area contributed by atoms with Gasteiger partial charge in [0.25, 0.3) is 12.5 Å². The molecule has 0 N–H and O–H groups in total. The number of aryl methyl sites for hydroxylation is 2. The standard InChI is InChI=1S/C63H67BN3O/c1-36(2)44-19-18-20-45(37(3)4)58(44)67-53-22-17-16-21-52(53)65(15)60(67)46-26-23-39(29-38(46)5)40-30-54-57-56(31-40)68-55-28-25-42(62(9,10)11)34-49(55)64(57)50-35-43(63(12,13)14)33-48-47-32-41(61(6,7)8)24-27-51(47)66(54)59(48)50/h16-37H,1-15H3/q+1. The molecule has 5 heteroatoms. The fourth-order valence-corrected chi connectivity index (χ4v) is 11.5. The summed E-state index contributed by atoms with van der Waals surface area (Å²) in [4.78, 5) is 0. The van der Waals surface area contributed by atoms with Crippen molar-refractivity contribution in [1.29, 1.82) is 0 Å². The van der Waals surface area contributed by atoms with Crippen molar-refractivity contribution in [2.24, 2.45) is 7.05 Å². The Morgan fingerprint density at radius 3 is 1.84 bits per heavy atom. The third kappa shape index (κ3) is 6.66. The van der Waals surface area contributed by atoms with Crippen LogP contribution >= 0.6 is 0 Å². The number of fused-ring (bicyclic) bond motifs is 8. The highest BCUT2D eigenvalue weighted by atomic mass is 16.5. The molecule has 2 aliphatic heterocycles. The van der Waals surface area contributed by atoms with E-state index in [1.54, 1.807) is 0 Å². The molecule has 9 aromatic rings. The molecule has 0 spiro atoms. The molecule has 342 valence electrons. The molecule has 0 saturated heterocycles. The molecule has 2 aliphatic rings. The first-order valence-corrected chi connectivity index (χ1v) is 25.0. The first kappa shape index (κ1) is 44.2. The monoisotopic (exact) mass is 893 g/mol. The smallest absolute Gasteiger partial charge is 0.295 e. The maximum atomic E-state index is 7.19. The molecule has 4 nitrogen and oxygen atoms in total. The van der Waals surface area contributed by atoms with E-state index in [-0.39, 0.29) is 23.0 Å². The van der Waals surface area contributed by atoms with Crippen molar-refractivity contribution in [3.8, 4) is 45.4 Å². The molecule has 0 unspecified atom stereocenters. The van der Waals surface area contributed by atoms with Gasteiger partial charge in [0.1, 0.15) is 17.2 Å². The minimum Gasteiger partial charge on any atom is -0.458 e. The lowest BCUT2D eigenvalue weighted by molar-refractivity contribution is -0.633. The summed E-state index contributed by atoms with van der Waals surface area (Å²) in [6.07, 6.45) is 0. The molecular formula is C63H67BN3O+. The average Bonchev–Trinajstić information content (AvgIpc) is 3.77. The molecule has 2 aromatic heterocycles. The average molecular weight is 893 g/mol. The van der Waals surface area contributed by atoms with Crippen molar-refractivity contribution in [3.63, 3.8) is 0 Å².